The van der Waals surface area contributed by atoms with Crippen molar-refractivity contribution in [3.8, 4) is 0 Å². The smallest absolute Gasteiger partial charge is 0.258 e. The standard InChI is InChI=1S/C17H16N2O2S/c1-12-6-7-14(9-13(12)2)15(17(21)19-11-20)10-22-16-5-3-4-8-18-16/h3-11H,1-2H3,(H,19,20,21)/b15-10-. The zero-order valence-electron chi connectivity index (χ0n) is 12.4. The van der Waals surface area contributed by atoms with Crippen LogP contribution in [0.3, 0.4) is 0 Å². The van der Waals surface area contributed by atoms with Gasteiger partial charge in [-0.1, -0.05) is 36.0 Å². The third-order valence-corrected chi connectivity index (χ3v) is 4.02. The van der Waals surface area contributed by atoms with Crippen molar-refractivity contribution in [2.75, 3.05) is 0 Å². The van der Waals surface area contributed by atoms with E-state index in [0.29, 0.717) is 12.0 Å². The molecule has 0 bridgehead atoms. The van der Waals surface area contributed by atoms with Crippen LogP contribution in [0.15, 0.2) is 53.0 Å². The predicted octanol–water partition coefficient (Wildman–Crippen LogP) is 3.10. The summed E-state index contributed by atoms with van der Waals surface area (Å²) in [5.74, 6) is -0.429. The Hall–Kier alpha value is -2.40. The first-order valence-electron chi connectivity index (χ1n) is 6.72. The molecule has 0 spiro atoms. The van der Waals surface area contributed by atoms with Crippen molar-refractivity contribution in [1.29, 1.82) is 0 Å². The van der Waals surface area contributed by atoms with Crippen molar-refractivity contribution < 1.29 is 9.59 Å². The number of nitrogens with zero attached hydrogens (tertiary/aromatic N) is 1. The molecule has 2 amide bonds. The van der Waals surface area contributed by atoms with E-state index in [1.165, 1.54) is 11.8 Å². The molecular weight excluding hydrogens is 296 g/mol. The van der Waals surface area contributed by atoms with Crippen LogP contribution in [0, 0.1) is 13.8 Å². The average Bonchev–Trinajstić information content (AvgIpc) is 2.52. The summed E-state index contributed by atoms with van der Waals surface area (Å²) in [7, 11) is 0. The number of hydrogen-bond donors (Lipinski definition) is 1. The summed E-state index contributed by atoms with van der Waals surface area (Å²) in [6.45, 7) is 4.00. The van der Waals surface area contributed by atoms with Crippen molar-refractivity contribution in [2.24, 2.45) is 0 Å². The van der Waals surface area contributed by atoms with Crippen LogP contribution in [-0.2, 0) is 9.59 Å². The number of aryl methyl sites for hydroxylation is 2. The second-order valence-electron chi connectivity index (χ2n) is 4.71. The molecule has 1 heterocycles. The van der Waals surface area contributed by atoms with Crippen molar-refractivity contribution in [3.63, 3.8) is 0 Å². The molecule has 1 aromatic carbocycles. The van der Waals surface area contributed by atoms with Crippen LogP contribution >= 0.6 is 11.8 Å². The number of rotatable bonds is 5. The Labute approximate surface area is 133 Å². The molecule has 2 rings (SSSR count). The van der Waals surface area contributed by atoms with E-state index in [0.717, 1.165) is 21.7 Å². The molecule has 0 saturated heterocycles. The van der Waals surface area contributed by atoms with Crippen LogP contribution in [0.1, 0.15) is 16.7 Å². The minimum absolute atomic E-state index is 0.392. The van der Waals surface area contributed by atoms with Gasteiger partial charge < -0.3 is 0 Å². The van der Waals surface area contributed by atoms with E-state index in [1.54, 1.807) is 11.6 Å². The van der Waals surface area contributed by atoms with Gasteiger partial charge >= 0.3 is 0 Å². The highest BCUT2D eigenvalue weighted by molar-refractivity contribution is 8.02. The molecule has 0 atom stereocenters. The van der Waals surface area contributed by atoms with E-state index in [9.17, 15) is 9.59 Å². The minimum Gasteiger partial charge on any atom is -0.295 e. The molecular formula is C17H16N2O2S. The van der Waals surface area contributed by atoms with Gasteiger partial charge in [0.05, 0.1) is 5.57 Å². The second kappa shape index (κ2) is 7.56. The molecule has 0 unspecified atom stereocenters. The van der Waals surface area contributed by atoms with E-state index in [2.05, 4.69) is 10.3 Å². The van der Waals surface area contributed by atoms with Crippen LogP contribution in [0.25, 0.3) is 5.57 Å². The van der Waals surface area contributed by atoms with Crippen LogP contribution in [0.4, 0.5) is 0 Å². The monoisotopic (exact) mass is 312 g/mol. The van der Waals surface area contributed by atoms with Gasteiger partial charge in [-0.15, -0.1) is 0 Å². The Kier molecular flexibility index (Phi) is 5.49. The summed E-state index contributed by atoms with van der Waals surface area (Å²) in [4.78, 5) is 26.9. The number of thioether (sulfide) groups is 1. The number of benzene rings is 1. The largest absolute Gasteiger partial charge is 0.295 e. The number of aromatic nitrogens is 1. The number of carbonyl (C=O) groups is 2. The lowest BCUT2D eigenvalue weighted by Crippen LogP contribution is -2.22. The number of amides is 2. The van der Waals surface area contributed by atoms with Crippen molar-refractivity contribution in [3.05, 3.63) is 64.7 Å². The average molecular weight is 312 g/mol. The predicted molar refractivity (Wildman–Crippen MR) is 88.2 cm³/mol. The first kappa shape index (κ1) is 16.0. The van der Waals surface area contributed by atoms with Gasteiger partial charge in [0, 0.05) is 6.20 Å². The van der Waals surface area contributed by atoms with Gasteiger partial charge in [-0.3, -0.25) is 14.9 Å². The maximum absolute atomic E-state index is 12.1. The molecule has 1 N–H and O–H groups in total. The summed E-state index contributed by atoms with van der Waals surface area (Å²) >= 11 is 1.34. The molecule has 22 heavy (non-hydrogen) atoms. The van der Waals surface area contributed by atoms with E-state index < -0.39 is 5.91 Å². The second-order valence-corrected chi connectivity index (χ2v) is 5.60. The third-order valence-electron chi connectivity index (χ3n) is 3.19. The topological polar surface area (TPSA) is 59.1 Å². The quantitative estimate of drug-likeness (QED) is 0.523. The van der Waals surface area contributed by atoms with Crippen molar-refractivity contribution in [2.45, 2.75) is 18.9 Å². The Morgan fingerprint density at radius 2 is 2.00 bits per heavy atom. The first-order valence-corrected chi connectivity index (χ1v) is 7.60. The third kappa shape index (κ3) is 4.05. The van der Waals surface area contributed by atoms with Crippen LogP contribution < -0.4 is 5.32 Å². The molecule has 112 valence electrons. The lowest BCUT2D eigenvalue weighted by Gasteiger charge is -2.08. The Morgan fingerprint density at radius 3 is 2.64 bits per heavy atom. The molecule has 0 saturated carbocycles. The fourth-order valence-electron chi connectivity index (χ4n) is 1.83. The van der Waals surface area contributed by atoms with Gasteiger partial charge in [-0.05, 0) is 48.1 Å². The van der Waals surface area contributed by atoms with E-state index in [-0.39, 0.29) is 0 Å². The molecule has 2 aromatic rings. The number of pyridine rings is 1. The van der Waals surface area contributed by atoms with Gasteiger partial charge in [-0.25, -0.2) is 4.98 Å². The number of hydrogen-bond acceptors (Lipinski definition) is 4. The molecule has 5 heteroatoms. The molecule has 0 aliphatic rings. The van der Waals surface area contributed by atoms with E-state index in [1.807, 2.05) is 50.2 Å². The summed E-state index contributed by atoms with van der Waals surface area (Å²) < 4.78 is 0. The van der Waals surface area contributed by atoms with Crippen molar-refractivity contribution in [1.82, 2.24) is 10.3 Å². The van der Waals surface area contributed by atoms with Gasteiger partial charge in [0.15, 0.2) is 0 Å². The number of carbonyl (C=O) groups excluding carboxylic acids is 2. The SMILES string of the molecule is Cc1ccc(/C(=C/Sc2ccccn2)C(=O)NC=O)cc1C. The Balaban J connectivity index is 2.35. The Morgan fingerprint density at radius 1 is 1.18 bits per heavy atom. The molecule has 0 radical (unpaired) electrons. The van der Waals surface area contributed by atoms with Crippen LogP contribution in [0.2, 0.25) is 0 Å². The maximum atomic E-state index is 12.1. The highest BCUT2D eigenvalue weighted by atomic mass is 32.2. The summed E-state index contributed by atoms with van der Waals surface area (Å²) in [6, 6.07) is 11.3. The zero-order chi connectivity index (χ0) is 15.9. The normalized spacial score (nSPS) is 11.1. The molecule has 0 fully saturated rings. The minimum atomic E-state index is -0.429. The zero-order valence-corrected chi connectivity index (χ0v) is 13.2. The molecule has 0 aliphatic heterocycles. The molecule has 1 aromatic heterocycles. The van der Waals surface area contributed by atoms with E-state index in [4.69, 9.17) is 0 Å². The van der Waals surface area contributed by atoms with Crippen LogP contribution in [0.5, 0.6) is 0 Å². The van der Waals surface area contributed by atoms with Crippen molar-refractivity contribution >= 4 is 29.7 Å². The van der Waals surface area contributed by atoms with Gasteiger partial charge in [0.25, 0.3) is 5.91 Å². The fourth-order valence-corrected chi connectivity index (χ4v) is 2.59. The maximum Gasteiger partial charge on any atom is 0.258 e. The molecule has 0 aliphatic carbocycles. The fraction of sp³-hybridized carbons (Fsp3) is 0.118. The van der Waals surface area contributed by atoms with Gasteiger partial charge in [0.1, 0.15) is 5.03 Å². The highest BCUT2D eigenvalue weighted by Gasteiger charge is 2.12. The first-order chi connectivity index (χ1) is 10.6. The lowest BCUT2D eigenvalue weighted by atomic mass is 10.0. The Bertz CT molecular complexity index is 712. The summed E-state index contributed by atoms with van der Waals surface area (Å²) in [5, 5.41) is 4.69. The number of imide groups is 1. The number of nitrogens with one attached hydrogen (secondary N) is 1. The lowest BCUT2D eigenvalue weighted by molar-refractivity contribution is -0.121. The van der Waals surface area contributed by atoms with Gasteiger partial charge in [-0.2, -0.15) is 0 Å². The summed E-state index contributed by atoms with van der Waals surface area (Å²) in [6.07, 6.45) is 2.08. The van der Waals surface area contributed by atoms with Gasteiger partial charge in [0.2, 0.25) is 6.41 Å². The molecule has 4 nitrogen and oxygen atoms in total. The summed E-state index contributed by atoms with van der Waals surface area (Å²) in [5.41, 5.74) is 3.44. The van der Waals surface area contributed by atoms with Crippen LogP contribution in [-0.4, -0.2) is 17.3 Å². The van der Waals surface area contributed by atoms with E-state index >= 15 is 0 Å². The highest BCUT2D eigenvalue weighted by Crippen LogP contribution is 2.25.